The van der Waals surface area contributed by atoms with E-state index in [1.165, 1.54) is 16.9 Å². The van der Waals surface area contributed by atoms with Gasteiger partial charge in [0.1, 0.15) is 4.88 Å². The first-order valence-corrected chi connectivity index (χ1v) is 10.9. The Morgan fingerprint density at radius 2 is 1.90 bits per heavy atom. The van der Waals surface area contributed by atoms with Crippen molar-refractivity contribution in [2.75, 3.05) is 33.4 Å². The number of piperidine rings is 1. The summed E-state index contributed by atoms with van der Waals surface area (Å²) in [4.78, 5) is 31.9. The van der Waals surface area contributed by atoms with E-state index in [2.05, 4.69) is 10.3 Å². The maximum atomic E-state index is 12.7. The number of rotatable bonds is 7. The van der Waals surface area contributed by atoms with E-state index in [0.29, 0.717) is 24.6 Å². The molecule has 0 saturated carbocycles. The van der Waals surface area contributed by atoms with Gasteiger partial charge in [-0.05, 0) is 56.7 Å². The van der Waals surface area contributed by atoms with Gasteiger partial charge in [-0.25, -0.2) is 4.98 Å². The molecule has 1 aromatic carbocycles. The highest BCUT2D eigenvalue weighted by atomic mass is 32.1. The van der Waals surface area contributed by atoms with Crippen molar-refractivity contribution in [2.45, 2.75) is 33.1 Å². The van der Waals surface area contributed by atoms with Crippen LogP contribution in [0.4, 0.5) is 0 Å². The van der Waals surface area contributed by atoms with E-state index < -0.39 is 0 Å². The quantitative estimate of drug-likeness (QED) is 0.705. The fraction of sp³-hybridized carbons (Fsp3) is 0.500. The summed E-state index contributed by atoms with van der Waals surface area (Å²) >= 11 is 1.49. The number of likely N-dealkylation sites (tertiary alicyclic amines) is 1. The van der Waals surface area contributed by atoms with Gasteiger partial charge in [0.25, 0.3) is 11.8 Å². The molecule has 7 heteroatoms. The number of aromatic nitrogens is 1. The van der Waals surface area contributed by atoms with Gasteiger partial charge >= 0.3 is 0 Å². The minimum atomic E-state index is -0.0750. The van der Waals surface area contributed by atoms with Crippen molar-refractivity contribution in [1.29, 1.82) is 0 Å². The lowest BCUT2D eigenvalue weighted by Crippen LogP contribution is -2.38. The van der Waals surface area contributed by atoms with Crippen molar-refractivity contribution in [3.63, 3.8) is 0 Å². The van der Waals surface area contributed by atoms with Crippen LogP contribution in [0.25, 0.3) is 0 Å². The molecule has 1 aromatic heterocycles. The Bertz CT molecular complexity index is 839. The summed E-state index contributed by atoms with van der Waals surface area (Å²) in [6.45, 7) is 6.45. The molecular formula is C22H29N3O3S. The van der Waals surface area contributed by atoms with Crippen LogP contribution < -0.4 is 5.32 Å². The Kier molecular flexibility index (Phi) is 7.39. The number of carbonyl (C=O) groups is 2. The lowest BCUT2D eigenvalue weighted by atomic mass is 9.90. The van der Waals surface area contributed by atoms with Gasteiger partial charge in [0.2, 0.25) is 0 Å². The molecule has 156 valence electrons. The molecule has 0 aliphatic carbocycles. The zero-order valence-corrected chi connectivity index (χ0v) is 18.2. The smallest absolute Gasteiger partial charge is 0.265 e. The first-order chi connectivity index (χ1) is 14.0. The second-order valence-electron chi connectivity index (χ2n) is 7.53. The zero-order valence-electron chi connectivity index (χ0n) is 17.4. The third-order valence-corrected chi connectivity index (χ3v) is 6.39. The van der Waals surface area contributed by atoms with Gasteiger partial charge in [-0.2, -0.15) is 0 Å². The molecule has 0 spiro atoms. The number of nitrogens with zero attached hydrogens (tertiary/aromatic N) is 2. The van der Waals surface area contributed by atoms with Gasteiger partial charge in [-0.3, -0.25) is 9.59 Å². The van der Waals surface area contributed by atoms with E-state index in [0.717, 1.165) is 47.9 Å². The first kappa shape index (κ1) is 21.5. The van der Waals surface area contributed by atoms with E-state index in [4.69, 9.17) is 4.74 Å². The third-order valence-electron chi connectivity index (χ3n) is 5.33. The number of carbonyl (C=O) groups excluding carboxylic acids is 2. The number of thiazole rings is 1. The minimum absolute atomic E-state index is 0.0750. The topological polar surface area (TPSA) is 71.5 Å². The molecule has 1 aliphatic heterocycles. The van der Waals surface area contributed by atoms with E-state index in [9.17, 15) is 9.59 Å². The van der Waals surface area contributed by atoms with Crippen molar-refractivity contribution >= 4 is 23.2 Å². The molecule has 6 nitrogen and oxygen atoms in total. The van der Waals surface area contributed by atoms with Crippen molar-refractivity contribution < 1.29 is 14.3 Å². The zero-order chi connectivity index (χ0) is 20.8. The number of hydrogen-bond donors (Lipinski definition) is 1. The van der Waals surface area contributed by atoms with E-state index in [1.807, 2.05) is 43.0 Å². The van der Waals surface area contributed by atoms with Crippen LogP contribution in [-0.2, 0) is 11.2 Å². The number of methoxy groups -OCH3 is 1. The van der Waals surface area contributed by atoms with E-state index in [1.54, 1.807) is 7.11 Å². The molecule has 2 amide bonds. The number of aryl methyl sites for hydroxylation is 2. The van der Waals surface area contributed by atoms with Crippen LogP contribution in [0.15, 0.2) is 24.3 Å². The lowest BCUT2D eigenvalue weighted by Gasteiger charge is -2.32. The predicted molar refractivity (Wildman–Crippen MR) is 115 cm³/mol. The van der Waals surface area contributed by atoms with Crippen molar-refractivity contribution in [3.05, 3.63) is 51.0 Å². The van der Waals surface area contributed by atoms with Crippen LogP contribution in [-0.4, -0.2) is 55.0 Å². The summed E-state index contributed by atoms with van der Waals surface area (Å²) in [5, 5.41) is 3.77. The standard InChI is InChI=1S/C22H29N3O3S/c1-15-20(29-16(2)24-15)22(27)25-11-8-18(9-12-25)14-17-4-6-19(7-5-17)21(26)23-10-13-28-3/h4-7,18H,8-14H2,1-3H3,(H,23,26). The number of nitrogens with one attached hydrogen (secondary N) is 1. The van der Waals surface area contributed by atoms with Gasteiger partial charge in [0.15, 0.2) is 0 Å². The maximum Gasteiger partial charge on any atom is 0.265 e. The molecule has 0 atom stereocenters. The van der Waals surface area contributed by atoms with Crippen molar-refractivity contribution in [1.82, 2.24) is 15.2 Å². The summed E-state index contributed by atoms with van der Waals surface area (Å²) in [7, 11) is 1.61. The lowest BCUT2D eigenvalue weighted by molar-refractivity contribution is 0.0694. The third kappa shape index (κ3) is 5.64. The average molecular weight is 416 g/mol. The van der Waals surface area contributed by atoms with Crippen LogP contribution in [0.3, 0.4) is 0 Å². The summed E-state index contributed by atoms with van der Waals surface area (Å²) in [6.07, 6.45) is 2.98. The van der Waals surface area contributed by atoms with Crippen LogP contribution in [0.1, 0.15) is 49.1 Å². The SMILES string of the molecule is COCCNC(=O)c1ccc(CC2CCN(C(=O)c3sc(C)nc3C)CC2)cc1. The van der Waals surface area contributed by atoms with Gasteiger partial charge in [-0.1, -0.05) is 12.1 Å². The Morgan fingerprint density at radius 3 is 2.48 bits per heavy atom. The highest BCUT2D eigenvalue weighted by molar-refractivity contribution is 7.13. The summed E-state index contributed by atoms with van der Waals surface area (Å²) in [6, 6.07) is 7.83. The molecule has 1 saturated heterocycles. The Hall–Kier alpha value is -2.25. The number of benzene rings is 1. The Morgan fingerprint density at radius 1 is 1.21 bits per heavy atom. The largest absolute Gasteiger partial charge is 0.383 e. The molecular weight excluding hydrogens is 386 g/mol. The number of hydrogen-bond acceptors (Lipinski definition) is 5. The highest BCUT2D eigenvalue weighted by Crippen LogP contribution is 2.25. The second kappa shape index (κ2) is 9.98. The monoisotopic (exact) mass is 415 g/mol. The number of amides is 2. The molecule has 0 radical (unpaired) electrons. The van der Waals surface area contributed by atoms with E-state index in [-0.39, 0.29) is 11.8 Å². The van der Waals surface area contributed by atoms with Crippen LogP contribution >= 0.6 is 11.3 Å². The van der Waals surface area contributed by atoms with Crippen molar-refractivity contribution in [2.24, 2.45) is 5.92 Å². The highest BCUT2D eigenvalue weighted by Gasteiger charge is 2.26. The van der Waals surface area contributed by atoms with Crippen LogP contribution in [0.5, 0.6) is 0 Å². The van der Waals surface area contributed by atoms with Crippen LogP contribution in [0.2, 0.25) is 0 Å². The molecule has 1 fully saturated rings. The molecule has 29 heavy (non-hydrogen) atoms. The summed E-state index contributed by atoms with van der Waals surface area (Å²) in [5.41, 5.74) is 2.74. The average Bonchev–Trinajstić information content (AvgIpc) is 3.06. The van der Waals surface area contributed by atoms with Crippen molar-refractivity contribution in [3.8, 4) is 0 Å². The minimum Gasteiger partial charge on any atom is -0.383 e. The fourth-order valence-electron chi connectivity index (χ4n) is 3.71. The summed E-state index contributed by atoms with van der Waals surface area (Å²) in [5.74, 6) is 0.606. The molecule has 1 aliphatic rings. The normalized spacial score (nSPS) is 14.8. The summed E-state index contributed by atoms with van der Waals surface area (Å²) < 4.78 is 4.94. The molecule has 2 heterocycles. The molecule has 2 aromatic rings. The van der Waals surface area contributed by atoms with E-state index >= 15 is 0 Å². The van der Waals surface area contributed by atoms with Gasteiger partial charge in [0, 0.05) is 32.3 Å². The Labute approximate surface area is 176 Å². The predicted octanol–water partition coefficient (Wildman–Crippen LogP) is 3.23. The molecule has 3 rings (SSSR count). The van der Waals surface area contributed by atoms with Gasteiger partial charge in [0.05, 0.1) is 17.3 Å². The van der Waals surface area contributed by atoms with Gasteiger partial charge in [-0.15, -0.1) is 11.3 Å². The molecule has 0 unspecified atom stereocenters. The molecule has 0 bridgehead atoms. The first-order valence-electron chi connectivity index (χ1n) is 10.1. The fourth-order valence-corrected chi connectivity index (χ4v) is 4.60. The number of ether oxygens (including phenoxy) is 1. The second-order valence-corrected chi connectivity index (χ2v) is 8.74. The molecule has 1 N–H and O–H groups in total. The van der Waals surface area contributed by atoms with Crippen LogP contribution in [0, 0.1) is 19.8 Å². The Balaban J connectivity index is 1.48. The maximum absolute atomic E-state index is 12.7. The van der Waals surface area contributed by atoms with Gasteiger partial charge < -0.3 is 15.0 Å².